The molecule has 34 heavy (non-hydrogen) atoms. The number of amides is 2. The van der Waals surface area contributed by atoms with Gasteiger partial charge in [0.05, 0.1) is 12.1 Å². The van der Waals surface area contributed by atoms with Gasteiger partial charge >= 0.3 is 0 Å². The lowest BCUT2D eigenvalue weighted by Crippen LogP contribution is -2.48. The number of hydrogen-bond donors (Lipinski definition) is 1. The molecule has 0 saturated heterocycles. The van der Waals surface area contributed by atoms with Gasteiger partial charge in [0.2, 0.25) is 18.6 Å². The molecule has 0 unspecified atom stereocenters. The number of fused-ring (bicyclic) bond motifs is 1. The molecule has 178 valence electrons. The standard InChI is InChI=1S/C26H29N3O4S/c1-28-13-5-10-21(28)25(26(31)27-18-7-3-2-4-8-18)29(24(30)16-20-9-6-14-34-20)19-11-12-22-23(15-19)33-17-32-22/h5-6,9-15,18,25H,2-4,7-8,16-17H2,1H3,(H,27,31)/t25-/m1/s1. The first-order valence-electron chi connectivity index (χ1n) is 11.8. The van der Waals surface area contributed by atoms with Gasteiger partial charge in [-0.05, 0) is 48.6 Å². The van der Waals surface area contributed by atoms with E-state index in [9.17, 15) is 9.59 Å². The Morgan fingerprint density at radius 1 is 1.12 bits per heavy atom. The first-order chi connectivity index (χ1) is 16.6. The van der Waals surface area contributed by atoms with Crippen LogP contribution in [0.3, 0.4) is 0 Å². The van der Waals surface area contributed by atoms with Gasteiger partial charge in [-0.3, -0.25) is 14.5 Å². The minimum absolute atomic E-state index is 0.134. The van der Waals surface area contributed by atoms with E-state index in [0.29, 0.717) is 17.2 Å². The maximum Gasteiger partial charge on any atom is 0.249 e. The molecule has 2 amide bonds. The number of nitrogens with one attached hydrogen (secondary N) is 1. The summed E-state index contributed by atoms with van der Waals surface area (Å²) in [6, 6.07) is 12.4. The van der Waals surface area contributed by atoms with Crippen molar-refractivity contribution in [1.29, 1.82) is 0 Å². The summed E-state index contributed by atoms with van der Waals surface area (Å²) in [6.07, 6.45) is 7.49. The molecule has 1 aromatic carbocycles. The third kappa shape index (κ3) is 4.68. The van der Waals surface area contributed by atoms with E-state index in [1.165, 1.54) is 17.8 Å². The predicted octanol–water partition coefficient (Wildman–Crippen LogP) is 4.58. The van der Waals surface area contributed by atoms with Crippen molar-refractivity contribution in [3.05, 3.63) is 64.6 Å². The zero-order chi connectivity index (χ0) is 23.5. The summed E-state index contributed by atoms with van der Waals surface area (Å²) in [7, 11) is 1.90. The minimum Gasteiger partial charge on any atom is -0.454 e. The van der Waals surface area contributed by atoms with Gasteiger partial charge in [0.1, 0.15) is 0 Å². The summed E-state index contributed by atoms with van der Waals surface area (Å²) in [6.45, 7) is 0.144. The van der Waals surface area contributed by atoms with Crippen LogP contribution in [0.25, 0.3) is 0 Å². The lowest BCUT2D eigenvalue weighted by molar-refractivity contribution is -0.127. The molecular formula is C26H29N3O4S. The largest absolute Gasteiger partial charge is 0.454 e. The van der Waals surface area contributed by atoms with Crippen LogP contribution < -0.4 is 19.7 Å². The molecule has 1 aliphatic carbocycles. The normalized spacial score (nSPS) is 16.3. The van der Waals surface area contributed by atoms with Crippen molar-refractivity contribution in [2.75, 3.05) is 11.7 Å². The quantitative estimate of drug-likeness (QED) is 0.538. The molecular weight excluding hydrogens is 450 g/mol. The van der Waals surface area contributed by atoms with E-state index >= 15 is 0 Å². The lowest BCUT2D eigenvalue weighted by Gasteiger charge is -2.33. The summed E-state index contributed by atoms with van der Waals surface area (Å²) in [5.74, 6) is 0.901. The second kappa shape index (κ2) is 9.93. The molecule has 0 bridgehead atoms. The van der Waals surface area contributed by atoms with Crippen molar-refractivity contribution in [2.24, 2.45) is 7.05 Å². The number of aromatic nitrogens is 1. The number of aryl methyl sites for hydroxylation is 1. The highest BCUT2D eigenvalue weighted by Crippen LogP contribution is 2.38. The Morgan fingerprint density at radius 2 is 1.94 bits per heavy atom. The highest BCUT2D eigenvalue weighted by Gasteiger charge is 2.36. The molecule has 2 aromatic heterocycles. The highest BCUT2D eigenvalue weighted by atomic mass is 32.1. The van der Waals surface area contributed by atoms with Gasteiger partial charge < -0.3 is 19.4 Å². The molecule has 1 saturated carbocycles. The number of thiophene rings is 1. The molecule has 8 heteroatoms. The fourth-order valence-electron chi connectivity index (χ4n) is 4.79. The molecule has 1 N–H and O–H groups in total. The summed E-state index contributed by atoms with van der Waals surface area (Å²) < 4.78 is 13.0. The second-order valence-corrected chi connectivity index (χ2v) is 9.88. The van der Waals surface area contributed by atoms with E-state index in [4.69, 9.17) is 9.47 Å². The molecule has 3 aromatic rings. The van der Waals surface area contributed by atoms with E-state index in [0.717, 1.165) is 36.3 Å². The van der Waals surface area contributed by atoms with E-state index in [-0.39, 0.29) is 31.1 Å². The van der Waals surface area contributed by atoms with Gasteiger partial charge in [0.25, 0.3) is 0 Å². The van der Waals surface area contributed by atoms with Crippen molar-refractivity contribution in [3.63, 3.8) is 0 Å². The molecule has 0 spiro atoms. The first-order valence-corrected chi connectivity index (χ1v) is 12.6. The van der Waals surface area contributed by atoms with E-state index in [2.05, 4.69) is 5.32 Å². The SMILES string of the molecule is Cn1cccc1[C@H](C(=O)NC1CCCCC1)N(C(=O)Cc1cccs1)c1ccc2c(c1)OCO2. The Kier molecular flexibility index (Phi) is 6.58. The lowest BCUT2D eigenvalue weighted by atomic mass is 9.95. The van der Waals surface area contributed by atoms with Gasteiger partial charge in [-0.1, -0.05) is 25.3 Å². The van der Waals surface area contributed by atoms with Crippen LogP contribution in [0.2, 0.25) is 0 Å². The van der Waals surface area contributed by atoms with Crippen LogP contribution in [0.4, 0.5) is 5.69 Å². The van der Waals surface area contributed by atoms with E-state index in [1.54, 1.807) is 17.0 Å². The van der Waals surface area contributed by atoms with Crippen molar-refractivity contribution in [1.82, 2.24) is 9.88 Å². The Morgan fingerprint density at radius 3 is 2.68 bits per heavy atom. The number of rotatable bonds is 7. The summed E-state index contributed by atoms with van der Waals surface area (Å²) in [4.78, 5) is 30.2. The van der Waals surface area contributed by atoms with Gasteiger partial charge in [-0.15, -0.1) is 11.3 Å². The van der Waals surface area contributed by atoms with Gasteiger partial charge in [0.15, 0.2) is 17.5 Å². The van der Waals surface area contributed by atoms with Crippen molar-refractivity contribution >= 4 is 28.8 Å². The molecule has 1 fully saturated rings. The number of anilines is 1. The third-order valence-corrected chi connectivity index (χ3v) is 7.41. The van der Waals surface area contributed by atoms with Crippen LogP contribution in [0.1, 0.15) is 48.7 Å². The zero-order valence-electron chi connectivity index (χ0n) is 19.2. The smallest absolute Gasteiger partial charge is 0.249 e. The van der Waals surface area contributed by atoms with Crippen LogP contribution in [-0.4, -0.2) is 29.2 Å². The van der Waals surface area contributed by atoms with Gasteiger partial charge in [-0.25, -0.2) is 0 Å². The van der Waals surface area contributed by atoms with E-state index in [1.807, 2.05) is 53.5 Å². The molecule has 3 heterocycles. The van der Waals surface area contributed by atoms with Crippen molar-refractivity contribution in [3.8, 4) is 11.5 Å². The molecule has 1 aliphatic heterocycles. The Balaban J connectivity index is 1.55. The fraction of sp³-hybridized carbons (Fsp3) is 0.385. The molecule has 2 aliphatic rings. The maximum atomic E-state index is 13.8. The monoisotopic (exact) mass is 479 g/mol. The predicted molar refractivity (Wildman–Crippen MR) is 131 cm³/mol. The molecule has 5 rings (SSSR count). The van der Waals surface area contributed by atoms with Crippen LogP contribution in [0.5, 0.6) is 11.5 Å². The fourth-order valence-corrected chi connectivity index (χ4v) is 5.48. The average Bonchev–Trinajstić information content (AvgIpc) is 3.60. The number of carbonyl (C=O) groups is 2. The van der Waals surface area contributed by atoms with Crippen LogP contribution in [0.15, 0.2) is 54.0 Å². The van der Waals surface area contributed by atoms with Crippen LogP contribution >= 0.6 is 11.3 Å². The Bertz CT molecular complexity index is 1150. The number of ether oxygens (including phenoxy) is 2. The molecule has 0 radical (unpaired) electrons. The number of carbonyl (C=O) groups excluding carboxylic acids is 2. The Hall–Kier alpha value is -3.26. The topological polar surface area (TPSA) is 72.8 Å². The number of nitrogens with zero attached hydrogens (tertiary/aromatic N) is 2. The first kappa shape index (κ1) is 22.5. The van der Waals surface area contributed by atoms with Crippen LogP contribution in [-0.2, 0) is 23.1 Å². The molecule has 1 atom stereocenters. The number of hydrogen-bond acceptors (Lipinski definition) is 5. The van der Waals surface area contributed by atoms with E-state index < -0.39 is 6.04 Å². The average molecular weight is 480 g/mol. The summed E-state index contributed by atoms with van der Waals surface area (Å²) >= 11 is 1.54. The minimum atomic E-state index is -0.810. The molecule has 7 nitrogen and oxygen atoms in total. The third-order valence-electron chi connectivity index (χ3n) is 6.53. The second-order valence-electron chi connectivity index (χ2n) is 8.85. The Labute approximate surface area is 203 Å². The zero-order valence-corrected chi connectivity index (χ0v) is 20.1. The number of benzene rings is 1. The maximum absolute atomic E-state index is 13.8. The van der Waals surface area contributed by atoms with Crippen molar-refractivity contribution < 1.29 is 19.1 Å². The summed E-state index contributed by atoms with van der Waals surface area (Å²) in [5.41, 5.74) is 1.36. The van der Waals surface area contributed by atoms with Crippen molar-refractivity contribution in [2.45, 2.75) is 50.6 Å². The highest BCUT2D eigenvalue weighted by molar-refractivity contribution is 7.10. The van der Waals surface area contributed by atoms with Gasteiger partial charge in [0, 0.05) is 35.9 Å². The summed E-state index contributed by atoms with van der Waals surface area (Å²) in [5, 5.41) is 5.21. The van der Waals surface area contributed by atoms with Gasteiger partial charge in [-0.2, -0.15) is 0 Å². The van der Waals surface area contributed by atoms with Crippen LogP contribution in [0, 0.1) is 0 Å².